The Labute approximate surface area is 193 Å². The number of ether oxygens (including phenoxy) is 2. The third-order valence-corrected chi connectivity index (χ3v) is 6.23. The van der Waals surface area contributed by atoms with Crippen LogP contribution in [0.5, 0.6) is 5.75 Å². The van der Waals surface area contributed by atoms with E-state index in [2.05, 4.69) is 4.98 Å². The number of hydrogen-bond acceptors (Lipinski definition) is 6. The van der Waals surface area contributed by atoms with Gasteiger partial charge in [-0.2, -0.15) is 0 Å². The molecule has 2 heterocycles. The van der Waals surface area contributed by atoms with Gasteiger partial charge in [0, 0.05) is 25.5 Å². The molecule has 172 valence electrons. The molecule has 1 aliphatic rings. The van der Waals surface area contributed by atoms with E-state index in [0.29, 0.717) is 36.0 Å². The number of aromatic nitrogens is 1. The first-order chi connectivity index (χ1) is 14.9. The van der Waals surface area contributed by atoms with Crippen LogP contribution in [0.4, 0.5) is 4.79 Å². The number of carbonyl (C=O) groups is 1. The van der Waals surface area contributed by atoms with Crippen molar-refractivity contribution in [3.8, 4) is 5.75 Å². The Bertz CT molecular complexity index is 1120. The molecule has 0 spiro atoms. The van der Waals surface area contributed by atoms with Gasteiger partial charge in [-0.3, -0.25) is 4.98 Å². The van der Waals surface area contributed by atoms with E-state index in [1.54, 1.807) is 23.2 Å². The van der Waals surface area contributed by atoms with E-state index in [0.717, 1.165) is 17.4 Å². The van der Waals surface area contributed by atoms with E-state index in [4.69, 9.17) is 21.1 Å². The summed E-state index contributed by atoms with van der Waals surface area (Å²) in [7, 11) is -3.25. The lowest BCUT2D eigenvalue weighted by Crippen LogP contribution is -2.39. The molecule has 0 radical (unpaired) electrons. The molecule has 0 N–H and O–H groups in total. The van der Waals surface area contributed by atoms with Crippen molar-refractivity contribution in [3.05, 3.63) is 58.9 Å². The number of nitrogens with zero attached hydrogens (tertiary/aromatic N) is 2. The second kappa shape index (κ2) is 9.50. The van der Waals surface area contributed by atoms with Crippen LogP contribution in [0.25, 0.3) is 5.57 Å². The zero-order valence-electron chi connectivity index (χ0n) is 18.6. The van der Waals surface area contributed by atoms with Gasteiger partial charge < -0.3 is 14.4 Å². The van der Waals surface area contributed by atoms with Gasteiger partial charge >= 0.3 is 6.09 Å². The Kier molecular flexibility index (Phi) is 7.15. The fraction of sp³-hybridized carbons (Fsp3) is 0.391. The predicted molar refractivity (Wildman–Crippen MR) is 124 cm³/mol. The van der Waals surface area contributed by atoms with Crippen molar-refractivity contribution < 1.29 is 22.7 Å². The van der Waals surface area contributed by atoms with Gasteiger partial charge in [-0.25, -0.2) is 13.2 Å². The zero-order chi connectivity index (χ0) is 23.5. The molecule has 1 aliphatic heterocycles. The van der Waals surface area contributed by atoms with Gasteiger partial charge in [0.2, 0.25) is 0 Å². The monoisotopic (exact) mass is 478 g/mol. The molecule has 0 bridgehead atoms. The topological polar surface area (TPSA) is 85.8 Å². The number of pyridine rings is 1. The largest absolute Gasteiger partial charge is 0.487 e. The normalized spacial score (nSPS) is 14.7. The lowest BCUT2D eigenvalue weighted by Gasteiger charge is -2.29. The summed E-state index contributed by atoms with van der Waals surface area (Å²) >= 11 is 6.42. The quantitative estimate of drug-likeness (QED) is 0.616. The van der Waals surface area contributed by atoms with E-state index in [-0.39, 0.29) is 17.6 Å². The minimum Gasteiger partial charge on any atom is -0.487 e. The van der Waals surface area contributed by atoms with Crippen molar-refractivity contribution >= 4 is 33.1 Å². The molecule has 1 aromatic carbocycles. The first kappa shape index (κ1) is 24.1. The molecule has 0 unspecified atom stereocenters. The maximum Gasteiger partial charge on any atom is 0.410 e. The van der Waals surface area contributed by atoms with Crippen LogP contribution >= 0.6 is 11.6 Å². The molecular weight excluding hydrogens is 452 g/mol. The summed E-state index contributed by atoms with van der Waals surface area (Å²) in [5.74, 6) is 0.525. The number of rotatable bonds is 5. The standard InChI is InChI=1S/C23H27ClN2O5S/c1-23(2,3)31-22(27)26-11-9-16(10-12-26)17-13-20(24)21(25-14-17)15-30-18-5-7-19(8-6-18)32(4,28)29/h5-9,13-14H,10-12,15H2,1-4H3. The SMILES string of the molecule is CC(C)(C)OC(=O)N1CC=C(c2cnc(COc3ccc(S(C)(=O)=O)cc3)c(Cl)c2)CC1. The molecule has 0 saturated heterocycles. The molecule has 32 heavy (non-hydrogen) atoms. The highest BCUT2D eigenvalue weighted by atomic mass is 35.5. The van der Waals surface area contributed by atoms with Gasteiger partial charge in [-0.05, 0) is 68.7 Å². The zero-order valence-corrected chi connectivity index (χ0v) is 20.2. The third-order valence-electron chi connectivity index (χ3n) is 4.78. The van der Waals surface area contributed by atoms with E-state index < -0.39 is 15.4 Å². The minimum atomic E-state index is -3.25. The lowest BCUT2D eigenvalue weighted by molar-refractivity contribution is 0.0270. The third kappa shape index (κ3) is 6.46. The Morgan fingerprint density at radius 1 is 1.22 bits per heavy atom. The number of benzene rings is 1. The summed E-state index contributed by atoms with van der Waals surface area (Å²) in [5.41, 5.74) is 2.03. The molecule has 7 nitrogen and oxygen atoms in total. The van der Waals surface area contributed by atoms with E-state index in [1.165, 1.54) is 12.1 Å². The van der Waals surface area contributed by atoms with Gasteiger partial charge in [-0.1, -0.05) is 17.7 Å². The average molecular weight is 479 g/mol. The van der Waals surface area contributed by atoms with Crippen LogP contribution in [0.2, 0.25) is 5.02 Å². The predicted octanol–water partition coefficient (Wildman–Crippen LogP) is 4.74. The van der Waals surface area contributed by atoms with Gasteiger partial charge in [-0.15, -0.1) is 0 Å². The second-order valence-electron chi connectivity index (χ2n) is 8.59. The average Bonchev–Trinajstić information content (AvgIpc) is 2.71. The summed E-state index contributed by atoms with van der Waals surface area (Å²) in [6.07, 6.45) is 5.25. The number of sulfone groups is 1. The van der Waals surface area contributed by atoms with Crippen molar-refractivity contribution in [2.45, 2.75) is 44.3 Å². The molecule has 0 saturated carbocycles. The molecule has 1 amide bonds. The van der Waals surface area contributed by atoms with Crippen molar-refractivity contribution in [3.63, 3.8) is 0 Å². The van der Waals surface area contributed by atoms with Crippen LogP contribution in [0, 0.1) is 0 Å². The maximum atomic E-state index is 12.2. The second-order valence-corrected chi connectivity index (χ2v) is 11.0. The van der Waals surface area contributed by atoms with Crippen LogP contribution in [-0.2, 0) is 21.2 Å². The first-order valence-corrected chi connectivity index (χ1v) is 12.4. The summed E-state index contributed by atoms with van der Waals surface area (Å²) in [5, 5.41) is 0.478. The summed E-state index contributed by atoms with van der Waals surface area (Å²) in [6, 6.07) is 8.04. The smallest absolute Gasteiger partial charge is 0.410 e. The Morgan fingerprint density at radius 2 is 1.91 bits per heavy atom. The van der Waals surface area contributed by atoms with Crippen LogP contribution in [0.1, 0.15) is 38.4 Å². The van der Waals surface area contributed by atoms with Crippen molar-refractivity contribution in [2.24, 2.45) is 0 Å². The molecule has 1 aromatic heterocycles. The van der Waals surface area contributed by atoms with E-state index in [1.807, 2.05) is 32.9 Å². The first-order valence-electron chi connectivity index (χ1n) is 10.2. The summed E-state index contributed by atoms with van der Waals surface area (Å²) < 4.78 is 34.2. The Balaban J connectivity index is 1.61. The van der Waals surface area contributed by atoms with Crippen LogP contribution < -0.4 is 4.74 Å². The van der Waals surface area contributed by atoms with Crippen molar-refractivity contribution in [1.29, 1.82) is 0 Å². The molecule has 9 heteroatoms. The number of halogens is 1. The highest BCUT2D eigenvalue weighted by molar-refractivity contribution is 7.90. The van der Waals surface area contributed by atoms with E-state index >= 15 is 0 Å². The fourth-order valence-electron chi connectivity index (χ4n) is 3.11. The molecule has 0 aliphatic carbocycles. The highest BCUT2D eigenvalue weighted by Gasteiger charge is 2.24. The fourth-order valence-corrected chi connectivity index (χ4v) is 3.96. The Morgan fingerprint density at radius 3 is 2.44 bits per heavy atom. The van der Waals surface area contributed by atoms with Crippen LogP contribution in [-0.4, -0.2) is 49.3 Å². The molecular formula is C23H27ClN2O5S. The number of hydrogen-bond donors (Lipinski definition) is 0. The summed E-state index contributed by atoms with van der Waals surface area (Å²) in [6.45, 7) is 6.73. The molecule has 3 rings (SSSR count). The maximum absolute atomic E-state index is 12.2. The minimum absolute atomic E-state index is 0.156. The Hall–Kier alpha value is -2.58. The molecule has 2 aromatic rings. The van der Waals surface area contributed by atoms with Gasteiger partial charge in [0.15, 0.2) is 9.84 Å². The molecule has 0 atom stereocenters. The van der Waals surface area contributed by atoms with Crippen molar-refractivity contribution in [2.75, 3.05) is 19.3 Å². The van der Waals surface area contributed by atoms with Gasteiger partial charge in [0.05, 0.1) is 15.6 Å². The lowest BCUT2D eigenvalue weighted by atomic mass is 10.0. The molecule has 0 fully saturated rings. The van der Waals surface area contributed by atoms with Crippen LogP contribution in [0.3, 0.4) is 0 Å². The van der Waals surface area contributed by atoms with Crippen LogP contribution in [0.15, 0.2) is 47.5 Å². The number of carbonyl (C=O) groups excluding carboxylic acids is 1. The number of amides is 1. The summed E-state index contributed by atoms with van der Waals surface area (Å²) in [4.78, 5) is 18.5. The van der Waals surface area contributed by atoms with Gasteiger partial charge in [0.25, 0.3) is 0 Å². The van der Waals surface area contributed by atoms with E-state index in [9.17, 15) is 13.2 Å². The highest BCUT2D eigenvalue weighted by Crippen LogP contribution is 2.27. The van der Waals surface area contributed by atoms with Crippen molar-refractivity contribution in [1.82, 2.24) is 9.88 Å². The van der Waals surface area contributed by atoms with Gasteiger partial charge in [0.1, 0.15) is 18.0 Å².